The van der Waals surface area contributed by atoms with Crippen LogP contribution in [0, 0.1) is 5.92 Å². The monoisotopic (exact) mass is 439 g/mol. The second kappa shape index (κ2) is 10.7. The first-order valence-corrected chi connectivity index (χ1v) is 11.6. The maximum atomic E-state index is 14.0. The summed E-state index contributed by atoms with van der Waals surface area (Å²) in [5.74, 6) is -0.433. The average molecular weight is 439 g/mol. The number of hydrogen-bond acceptors (Lipinski definition) is 5. The lowest BCUT2D eigenvalue weighted by Crippen LogP contribution is -2.40. The molecule has 0 fully saturated rings. The Hall–Kier alpha value is -3.24. The van der Waals surface area contributed by atoms with Gasteiger partial charge < -0.3 is 19.1 Å². The molecule has 0 aliphatic heterocycles. The lowest BCUT2D eigenvalue weighted by molar-refractivity contribution is 0.135. The molecule has 0 aromatic heterocycles. The molecule has 1 atom stereocenters. The Morgan fingerprint density at radius 2 is 1.26 bits per heavy atom. The van der Waals surface area contributed by atoms with Crippen LogP contribution in [0.15, 0.2) is 91.0 Å². The molecule has 0 saturated heterocycles. The van der Waals surface area contributed by atoms with Crippen LogP contribution in [0.4, 0.5) is 4.79 Å². The number of ether oxygens (including phenoxy) is 1. The van der Waals surface area contributed by atoms with Crippen LogP contribution in [0.2, 0.25) is 0 Å². The van der Waals surface area contributed by atoms with Crippen molar-refractivity contribution in [3.63, 3.8) is 0 Å². The van der Waals surface area contributed by atoms with Gasteiger partial charge in [-0.2, -0.15) is 0 Å². The second-order valence-electron chi connectivity index (χ2n) is 7.24. The van der Waals surface area contributed by atoms with Gasteiger partial charge >= 0.3 is 13.7 Å². The third-order valence-electron chi connectivity index (χ3n) is 4.40. The number of rotatable bonds is 9. The second-order valence-corrected chi connectivity index (χ2v) is 9.24. The highest BCUT2D eigenvalue weighted by molar-refractivity contribution is 7.55. The van der Waals surface area contributed by atoms with E-state index in [0.717, 1.165) is 5.56 Å². The van der Waals surface area contributed by atoms with Gasteiger partial charge in [-0.3, -0.25) is 0 Å². The van der Waals surface area contributed by atoms with E-state index in [1.165, 1.54) is 0 Å². The third-order valence-corrected chi connectivity index (χ3v) is 6.74. The zero-order valence-electron chi connectivity index (χ0n) is 17.5. The van der Waals surface area contributed by atoms with Crippen molar-refractivity contribution in [2.75, 3.05) is 0 Å². The van der Waals surface area contributed by atoms with Crippen molar-refractivity contribution in [3.05, 3.63) is 96.6 Å². The van der Waals surface area contributed by atoms with Gasteiger partial charge in [-0.15, -0.1) is 0 Å². The fourth-order valence-corrected chi connectivity index (χ4v) is 4.97. The summed E-state index contributed by atoms with van der Waals surface area (Å²) in [6.07, 6.45) is -0.698. The first-order chi connectivity index (χ1) is 15.0. The summed E-state index contributed by atoms with van der Waals surface area (Å²) >= 11 is 0. The zero-order valence-corrected chi connectivity index (χ0v) is 18.4. The minimum absolute atomic E-state index is 0.0981. The molecule has 162 valence electrons. The van der Waals surface area contributed by atoms with Gasteiger partial charge in [0.05, 0.1) is 0 Å². The maximum Gasteiger partial charge on any atom is 0.453 e. The highest BCUT2D eigenvalue weighted by Gasteiger charge is 2.43. The SMILES string of the molecule is CC(C)C(NC(=O)OCc1ccccc1)P(=O)(Oc1ccccc1)Oc1ccccc1. The molecule has 3 aromatic rings. The highest BCUT2D eigenvalue weighted by atomic mass is 31.2. The van der Waals surface area contributed by atoms with Crippen molar-refractivity contribution in [1.82, 2.24) is 5.32 Å². The summed E-state index contributed by atoms with van der Waals surface area (Å²) in [5.41, 5.74) is 0.850. The quantitative estimate of drug-likeness (QED) is 0.399. The summed E-state index contributed by atoms with van der Waals surface area (Å²) in [4.78, 5) is 12.5. The van der Waals surface area contributed by atoms with Crippen LogP contribution in [0.25, 0.3) is 0 Å². The van der Waals surface area contributed by atoms with E-state index in [0.29, 0.717) is 11.5 Å². The largest absolute Gasteiger partial charge is 0.453 e. The average Bonchev–Trinajstić information content (AvgIpc) is 2.78. The van der Waals surface area contributed by atoms with E-state index < -0.39 is 19.5 Å². The molecule has 0 aliphatic carbocycles. The Balaban J connectivity index is 1.80. The Morgan fingerprint density at radius 1 is 0.806 bits per heavy atom. The number of carbonyl (C=O) groups excluding carboxylic acids is 1. The lowest BCUT2D eigenvalue weighted by atomic mass is 10.2. The Kier molecular flexibility index (Phi) is 7.74. The molecule has 0 spiro atoms. The summed E-state index contributed by atoms with van der Waals surface area (Å²) in [6, 6.07) is 26.8. The molecule has 7 heteroatoms. The van der Waals surface area contributed by atoms with Crippen LogP contribution in [0.3, 0.4) is 0 Å². The van der Waals surface area contributed by atoms with E-state index >= 15 is 0 Å². The number of amides is 1. The van der Waals surface area contributed by atoms with E-state index in [1.54, 1.807) is 48.5 Å². The van der Waals surface area contributed by atoms with Crippen molar-refractivity contribution in [1.29, 1.82) is 0 Å². The van der Waals surface area contributed by atoms with Gasteiger partial charge in [-0.05, 0) is 35.7 Å². The molecular formula is C24H26NO5P. The summed E-state index contributed by atoms with van der Waals surface area (Å²) in [6.45, 7) is 3.76. The molecule has 1 unspecified atom stereocenters. The zero-order chi connectivity index (χ0) is 22.1. The fourth-order valence-electron chi connectivity index (χ4n) is 2.89. The first kappa shape index (κ1) is 22.4. The summed E-state index contributed by atoms with van der Waals surface area (Å²) in [7, 11) is -3.89. The summed E-state index contributed by atoms with van der Waals surface area (Å²) < 4.78 is 31.0. The van der Waals surface area contributed by atoms with Gasteiger partial charge in [0.15, 0.2) is 5.78 Å². The molecule has 31 heavy (non-hydrogen) atoms. The Bertz CT molecular complexity index is 951. The van der Waals surface area contributed by atoms with Crippen LogP contribution in [0.5, 0.6) is 11.5 Å². The van der Waals surface area contributed by atoms with Crippen molar-refractivity contribution < 1.29 is 23.1 Å². The van der Waals surface area contributed by atoms with Crippen LogP contribution >= 0.6 is 7.60 Å². The van der Waals surface area contributed by atoms with E-state index in [2.05, 4.69) is 5.32 Å². The molecule has 0 heterocycles. The number of carbonyl (C=O) groups is 1. The van der Waals surface area contributed by atoms with Crippen LogP contribution in [-0.2, 0) is 15.9 Å². The van der Waals surface area contributed by atoms with E-state index in [-0.39, 0.29) is 12.5 Å². The van der Waals surface area contributed by atoms with Gasteiger partial charge in [0.1, 0.15) is 18.1 Å². The third kappa shape index (κ3) is 6.63. The molecule has 3 aromatic carbocycles. The highest BCUT2D eigenvalue weighted by Crippen LogP contribution is 2.54. The molecule has 3 rings (SSSR count). The Morgan fingerprint density at radius 3 is 1.71 bits per heavy atom. The fraction of sp³-hybridized carbons (Fsp3) is 0.208. The van der Waals surface area contributed by atoms with E-state index in [1.807, 2.05) is 56.3 Å². The predicted molar refractivity (Wildman–Crippen MR) is 120 cm³/mol. The van der Waals surface area contributed by atoms with Crippen molar-refractivity contribution >= 4 is 13.7 Å². The van der Waals surface area contributed by atoms with Crippen LogP contribution in [0.1, 0.15) is 19.4 Å². The topological polar surface area (TPSA) is 73.9 Å². The van der Waals surface area contributed by atoms with Gasteiger partial charge in [0, 0.05) is 0 Å². The van der Waals surface area contributed by atoms with Gasteiger partial charge in [-0.1, -0.05) is 80.6 Å². The molecule has 0 bridgehead atoms. The molecule has 0 aliphatic rings. The minimum atomic E-state index is -3.89. The number of alkyl carbamates (subject to hydrolysis) is 1. The molecule has 1 amide bonds. The van der Waals surface area contributed by atoms with Crippen molar-refractivity contribution in [3.8, 4) is 11.5 Å². The molecule has 6 nitrogen and oxygen atoms in total. The van der Waals surface area contributed by atoms with Gasteiger partial charge in [0.2, 0.25) is 0 Å². The number of hydrogen-bond donors (Lipinski definition) is 1. The number of benzene rings is 3. The van der Waals surface area contributed by atoms with Crippen LogP contribution in [-0.4, -0.2) is 11.9 Å². The minimum Gasteiger partial charge on any atom is -0.445 e. The summed E-state index contributed by atoms with van der Waals surface area (Å²) in [5, 5.41) is 2.69. The van der Waals surface area contributed by atoms with Gasteiger partial charge in [-0.25, -0.2) is 9.36 Å². The molecule has 0 radical (unpaired) electrons. The molecule has 0 saturated carbocycles. The first-order valence-electron chi connectivity index (χ1n) is 10.0. The smallest absolute Gasteiger partial charge is 0.445 e. The van der Waals surface area contributed by atoms with Crippen LogP contribution < -0.4 is 14.4 Å². The predicted octanol–water partition coefficient (Wildman–Crippen LogP) is 6.25. The maximum absolute atomic E-state index is 14.0. The van der Waals surface area contributed by atoms with E-state index in [4.69, 9.17) is 13.8 Å². The Labute approximate surface area is 182 Å². The van der Waals surface area contributed by atoms with E-state index in [9.17, 15) is 9.36 Å². The number of para-hydroxylation sites is 2. The van der Waals surface area contributed by atoms with Crippen molar-refractivity contribution in [2.45, 2.75) is 26.2 Å². The standard InChI is InChI=1S/C24H26NO5P/c1-19(2)23(25-24(26)28-18-20-12-6-3-7-13-20)31(27,29-21-14-8-4-9-15-21)30-22-16-10-5-11-17-22/h3-17,19,23H,18H2,1-2H3,(H,25,26). The molecule has 1 N–H and O–H groups in total. The normalized spacial score (nSPS) is 12.1. The van der Waals surface area contributed by atoms with Crippen molar-refractivity contribution in [2.24, 2.45) is 5.92 Å². The lowest BCUT2D eigenvalue weighted by Gasteiger charge is -2.30. The number of nitrogens with one attached hydrogen (secondary N) is 1. The molecular weight excluding hydrogens is 413 g/mol. The van der Waals surface area contributed by atoms with Gasteiger partial charge in [0.25, 0.3) is 0 Å².